The monoisotopic (exact) mass is 413 g/mol. The van der Waals surface area contributed by atoms with Crippen molar-refractivity contribution in [2.45, 2.75) is 57.9 Å². The number of hydrogen-bond donors (Lipinski definition) is 0. The van der Waals surface area contributed by atoms with Gasteiger partial charge in [-0.2, -0.15) is 5.06 Å². The highest BCUT2D eigenvalue weighted by atomic mass is 16.7. The van der Waals surface area contributed by atoms with Crippen LogP contribution >= 0.6 is 0 Å². The van der Waals surface area contributed by atoms with E-state index in [0.717, 1.165) is 77.9 Å². The number of benzene rings is 1. The Hall–Kier alpha value is -1.92. The van der Waals surface area contributed by atoms with E-state index in [-0.39, 0.29) is 11.8 Å². The van der Waals surface area contributed by atoms with E-state index in [1.54, 1.807) is 0 Å². The fourth-order valence-corrected chi connectivity index (χ4v) is 4.87. The standard InChI is InChI=1S/C24H35N3O3/c28-23(26-16-11-21-5-1-2-6-22(21)19-26)8-7-20-9-14-25(15-10-20)24(29)12-17-27-13-3-4-18-30-27/h1-2,5-6,20H,3-4,7-19H2. The van der Waals surface area contributed by atoms with Crippen LogP contribution in [-0.4, -0.2) is 66.0 Å². The molecule has 164 valence electrons. The second-order valence-electron chi connectivity index (χ2n) is 8.92. The van der Waals surface area contributed by atoms with Gasteiger partial charge in [-0.25, -0.2) is 0 Å². The molecule has 0 N–H and O–H groups in total. The molecule has 2 amide bonds. The summed E-state index contributed by atoms with van der Waals surface area (Å²) in [6.07, 6.45) is 7.38. The van der Waals surface area contributed by atoms with Gasteiger partial charge in [0.05, 0.1) is 6.61 Å². The van der Waals surface area contributed by atoms with Crippen molar-refractivity contribution in [3.63, 3.8) is 0 Å². The molecule has 0 spiro atoms. The van der Waals surface area contributed by atoms with Crippen LogP contribution in [0.4, 0.5) is 0 Å². The molecule has 6 nitrogen and oxygen atoms in total. The van der Waals surface area contributed by atoms with Crippen LogP contribution in [0.5, 0.6) is 0 Å². The summed E-state index contributed by atoms with van der Waals surface area (Å²) in [6.45, 7) is 5.66. The van der Waals surface area contributed by atoms with Crippen LogP contribution in [0.2, 0.25) is 0 Å². The number of fused-ring (bicyclic) bond motifs is 1. The minimum atomic E-state index is 0.241. The number of rotatable bonds is 6. The third-order valence-electron chi connectivity index (χ3n) is 6.87. The van der Waals surface area contributed by atoms with Gasteiger partial charge in [0.25, 0.3) is 0 Å². The van der Waals surface area contributed by atoms with E-state index in [9.17, 15) is 9.59 Å². The van der Waals surface area contributed by atoms with Crippen molar-refractivity contribution in [3.8, 4) is 0 Å². The average Bonchev–Trinajstić information content (AvgIpc) is 2.81. The van der Waals surface area contributed by atoms with Gasteiger partial charge in [0.15, 0.2) is 0 Å². The predicted molar refractivity (Wildman–Crippen MR) is 115 cm³/mol. The van der Waals surface area contributed by atoms with Gasteiger partial charge >= 0.3 is 0 Å². The summed E-state index contributed by atoms with van der Waals surface area (Å²) in [5.74, 6) is 1.08. The first-order chi connectivity index (χ1) is 14.7. The topological polar surface area (TPSA) is 53.1 Å². The SMILES string of the molecule is O=C(CCN1CCCCO1)N1CCC(CCC(=O)N2CCc3ccccc3C2)CC1. The fraction of sp³-hybridized carbons (Fsp3) is 0.667. The zero-order valence-corrected chi connectivity index (χ0v) is 18.1. The summed E-state index contributed by atoms with van der Waals surface area (Å²) in [4.78, 5) is 34.8. The van der Waals surface area contributed by atoms with Crippen molar-refractivity contribution in [1.82, 2.24) is 14.9 Å². The third kappa shape index (κ3) is 5.61. The van der Waals surface area contributed by atoms with Crippen LogP contribution < -0.4 is 0 Å². The van der Waals surface area contributed by atoms with Crippen LogP contribution in [0.15, 0.2) is 24.3 Å². The Labute approximate surface area is 180 Å². The Morgan fingerprint density at radius 2 is 1.67 bits per heavy atom. The van der Waals surface area contributed by atoms with Crippen LogP contribution in [0, 0.1) is 5.92 Å². The van der Waals surface area contributed by atoms with Crippen molar-refractivity contribution in [2.75, 3.05) is 39.3 Å². The maximum Gasteiger partial charge on any atom is 0.223 e. The van der Waals surface area contributed by atoms with Crippen LogP contribution in [0.1, 0.15) is 56.1 Å². The quantitative estimate of drug-likeness (QED) is 0.719. The molecule has 3 aliphatic rings. The maximum atomic E-state index is 12.7. The smallest absolute Gasteiger partial charge is 0.223 e. The Kier molecular flexibility index (Phi) is 7.39. The normalized spacial score (nSPS) is 20.8. The molecule has 3 heterocycles. The molecule has 4 rings (SSSR count). The summed E-state index contributed by atoms with van der Waals surface area (Å²) in [7, 11) is 0. The average molecular weight is 414 g/mol. The Morgan fingerprint density at radius 3 is 2.43 bits per heavy atom. The van der Waals surface area contributed by atoms with E-state index < -0.39 is 0 Å². The highest BCUT2D eigenvalue weighted by Gasteiger charge is 2.25. The van der Waals surface area contributed by atoms with E-state index in [0.29, 0.717) is 25.3 Å². The van der Waals surface area contributed by atoms with Gasteiger partial charge in [0, 0.05) is 52.1 Å². The second-order valence-corrected chi connectivity index (χ2v) is 8.92. The molecule has 0 bridgehead atoms. The summed E-state index contributed by atoms with van der Waals surface area (Å²) in [6, 6.07) is 8.45. The first-order valence-corrected chi connectivity index (χ1v) is 11.7. The van der Waals surface area contributed by atoms with E-state index >= 15 is 0 Å². The van der Waals surface area contributed by atoms with Crippen molar-refractivity contribution in [2.24, 2.45) is 5.92 Å². The molecule has 1 aromatic rings. The Morgan fingerprint density at radius 1 is 0.900 bits per heavy atom. The largest absolute Gasteiger partial charge is 0.343 e. The van der Waals surface area contributed by atoms with Crippen molar-refractivity contribution in [3.05, 3.63) is 35.4 Å². The first-order valence-electron chi connectivity index (χ1n) is 11.7. The molecular weight excluding hydrogens is 378 g/mol. The highest BCUT2D eigenvalue weighted by Crippen LogP contribution is 2.24. The number of carbonyl (C=O) groups excluding carboxylic acids is 2. The molecule has 30 heavy (non-hydrogen) atoms. The van der Waals surface area contributed by atoms with Gasteiger partial charge in [0.2, 0.25) is 11.8 Å². The number of hydroxylamine groups is 2. The first kappa shape index (κ1) is 21.3. The molecule has 3 aliphatic heterocycles. The van der Waals surface area contributed by atoms with Crippen molar-refractivity contribution in [1.29, 1.82) is 0 Å². The molecule has 6 heteroatoms. The van der Waals surface area contributed by atoms with E-state index in [1.807, 2.05) is 14.9 Å². The minimum Gasteiger partial charge on any atom is -0.343 e. The van der Waals surface area contributed by atoms with E-state index in [4.69, 9.17) is 4.84 Å². The molecule has 1 aromatic carbocycles. The molecule has 0 radical (unpaired) electrons. The van der Waals surface area contributed by atoms with Gasteiger partial charge in [-0.15, -0.1) is 0 Å². The fourth-order valence-electron chi connectivity index (χ4n) is 4.87. The van der Waals surface area contributed by atoms with E-state index in [2.05, 4.69) is 24.3 Å². The zero-order valence-electron chi connectivity index (χ0n) is 18.1. The third-order valence-corrected chi connectivity index (χ3v) is 6.87. The molecule has 2 saturated heterocycles. The summed E-state index contributed by atoms with van der Waals surface area (Å²) < 4.78 is 0. The number of hydrogen-bond acceptors (Lipinski definition) is 4. The number of piperidine rings is 1. The molecule has 0 aromatic heterocycles. The Bertz CT molecular complexity index is 724. The molecule has 2 fully saturated rings. The predicted octanol–water partition coefficient (Wildman–Crippen LogP) is 3.01. The minimum absolute atomic E-state index is 0.241. The number of carbonyl (C=O) groups is 2. The molecule has 0 unspecified atom stereocenters. The molecule has 0 saturated carbocycles. The zero-order chi connectivity index (χ0) is 20.8. The second kappa shape index (κ2) is 10.4. The Balaban J connectivity index is 1.14. The van der Waals surface area contributed by atoms with Crippen LogP contribution in [-0.2, 0) is 27.4 Å². The summed E-state index contributed by atoms with van der Waals surface area (Å²) >= 11 is 0. The van der Waals surface area contributed by atoms with Crippen molar-refractivity contribution >= 4 is 11.8 Å². The molecule has 0 atom stereocenters. The lowest BCUT2D eigenvalue weighted by molar-refractivity contribution is -0.182. The number of amides is 2. The molecular formula is C24H35N3O3. The van der Waals surface area contributed by atoms with Crippen molar-refractivity contribution < 1.29 is 14.4 Å². The maximum absolute atomic E-state index is 12.7. The summed E-state index contributed by atoms with van der Waals surface area (Å²) in [5, 5.41) is 1.94. The highest BCUT2D eigenvalue weighted by molar-refractivity contribution is 5.77. The summed E-state index contributed by atoms with van der Waals surface area (Å²) in [5.41, 5.74) is 2.67. The van der Waals surface area contributed by atoms with Gasteiger partial charge in [-0.1, -0.05) is 24.3 Å². The van der Waals surface area contributed by atoms with E-state index in [1.165, 1.54) is 11.1 Å². The lowest BCUT2D eigenvalue weighted by atomic mass is 9.91. The number of likely N-dealkylation sites (tertiary alicyclic amines) is 1. The number of nitrogens with zero attached hydrogens (tertiary/aromatic N) is 3. The van der Waals surface area contributed by atoms with Gasteiger partial charge in [-0.05, 0) is 55.6 Å². The lowest BCUT2D eigenvalue weighted by Gasteiger charge is -2.33. The van der Waals surface area contributed by atoms with Gasteiger partial charge < -0.3 is 9.80 Å². The van der Waals surface area contributed by atoms with Crippen LogP contribution in [0.3, 0.4) is 0 Å². The molecule has 0 aliphatic carbocycles. The van der Waals surface area contributed by atoms with Gasteiger partial charge in [-0.3, -0.25) is 14.4 Å². The lowest BCUT2D eigenvalue weighted by Crippen LogP contribution is -2.41. The van der Waals surface area contributed by atoms with Gasteiger partial charge in [0.1, 0.15) is 0 Å². The van der Waals surface area contributed by atoms with Crippen LogP contribution in [0.25, 0.3) is 0 Å².